The molecule has 0 radical (unpaired) electrons. The highest BCUT2D eigenvalue weighted by Crippen LogP contribution is 2.25. The molecule has 148 valence electrons. The maximum absolute atomic E-state index is 12.8. The Labute approximate surface area is 170 Å². The van der Waals surface area contributed by atoms with Crippen LogP contribution in [0.3, 0.4) is 0 Å². The Kier molecular flexibility index (Phi) is 6.59. The molecule has 6 heteroatoms. The zero-order chi connectivity index (χ0) is 20.7. The van der Waals surface area contributed by atoms with E-state index in [1.165, 1.54) is 19.3 Å². The van der Waals surface area contributed by atoms with Gasteiger partial charge in [0.05, 0.1) is 7.11 Å². The Hall–Kier alpha value is -3.22. The lowest BCUT2D eigenvalue weighted by Crippen LogP contribution is -2.23. The number of carbonyl (C=O) groups excluding carboxylic acids is 1. The van der Waals surface area contributed by atoms with Crippen LogP contribution in [-0.2, 0) is 16.6 Å². The summed E-state index contributed by atoms with van der Waals surface area (Å²) in [7, 11) is -2.39. The molecular formula is C23H21NO4S. The SMILES string of the molecule is COc1ccc(C=CC(=O)c2ccccc2)cc1S(=O)(=O)NCc1ccccc1. The Morgan fingerprint density at radius 2 is 1.62 bits per heavy atom. The number of methoxy groups -OCH3 is 1. The minimum atomic E-state index is -3.81. The van der Waals surface area contributed by atoms with Gasteiger partial charge in [-0.15, -0.1) is 0 Å². The van der Waals surface area contributed by atoms with Crippen LogP contribution in [0.25, 0.3) is 6.08 Å². The number of carbonyl (C=O) groups is 1. The molecular weight excluding hydrogens is 386 g/mol. The third-order valence-corrected chi connectivity index (χ3v) is 5.69. The zero-order valence-electron chi connectivity index (χ0n) is 15.9. The predicted octanol–water partition coefficient (Wildman–Crippen LogP) is 4.07. The summed E-state index contributed by atoms with van der Waals surface area (Å²) >= 11 is 0. The molecule has 0 aliphatic rings. The van der Waals surface area contributed by atoms with Crippen molar-refractivity contribution in [1.82, 2.24) is 4.72 Å². The second-order valence-corrected chi connectivity index (χ2v) is 8.02. The molecule has 0 saturated heterocycles. The summed E-state index contributed by atoms with van der Waals surface area (Å²) in [6.07, 6.45) is 3.01. The quantitative estimate of drug-likeness (QED) is 0.451. The monoisotopic (exact) mass is 407 g/mol. The van der Waals surface area contributed by atoms with Crippen molar-refractivity contribution < 1.29 is 17.9 Å². The number of sulfonamides is 1. The van der Waals surface area contributed by atoms with Gasteiger partial charge >= 0.3 is 0 Å². The van der Waals surface area contributed by atoms with Gasteiger partial charge in [0.1, 0.15) is 10.6 Å². The van der Waals surface area contributed by atoms with Gasteiger partial charge in [-0.25, -0.2) is 13.1 Å². The van der Waals surface area contributed by atoms with Crippen molar-refractivity contribution in [2.75, 3.05) is 7.11 Å². The van der Waals surface area contributed by atoms with Gasteiger partial charge in [0, 0.05) is 12.1 Å². The number of ether oxygens (including phenoxy) is 1. The van der Waals surface area contributed by atoms with Gasteiger partial charge in [-0.1, -0.05) is 72.8 Å². The summed E-state index contributed by atoms with van der Waals surface area (Å²) in [6, 6.07) is 22.9. The minimum absolute atomic E-state index is 0.0187. The molecule has 3 rings (SSSR count). The van der Waals surface area contributed by atoms with Crippen LogP contribution in [0.1, 0.15) is 21.5 Å². The van der Waals surface area contributed by atoms with E-state index >= 15 is 0 Å². The third-order valence-electron chi connectivity index (χ3n) is 4.27. The number of rotatable bonds is 8. The predicted molar refractivity (Wildman–Crippen MR) is 113 cm³/mol. The number of benzene rings is 3. The summed E-state index contributed by atoms with van der Waals surface area (Å²) < 4.78 is 33.4. The maximum atomic E-state index is 12.8. The molecule has 0 amide bonds. The fraction of sp³-hybridized carbons (Fsp3) is 0.0870. The average molecular weight is 407 g/mol. The Morgan fingerprint density at radius 1 is 0.966 bits per heavy atom. The summed E-state index contributed by atoms with van der Waals surface area (Å²) in [5, 5.41) is 0. The van der Waals surface area contributed by atoms with Crippen LogP contribution in [0, 0.1) is 0 Å². The van der Waals surface area contributed by atoms with Gasteiger partial charge in [0.2, 0.25) is 10.0 Å². The lowest BCUT2D eigenvalue weighted by Gasteiger charge is -2.11. The van der Waals surface area contributed by atoms with Crippen LogP contribution in [0.5, 0.6) is 5.75 Å². The van der Waals surface area contributed by atoms with E-state index in [0.717, 1.165) is 5.56 Å². The largest absolute Gasteiger partial charge is 0.495 e. The third kappa shape index (κ3) is 5.40. The molecule has 0 atom stereocenters. The summed E-state index contributed by atoms with van der Waals surface area (Å²) in [5.41, 5.74) is 1.99. The molecule has 3 aromatic rings. The van der Waals surface area contributed by atoms with E-state index in [4.69, 9.17) is 4.74 Å². The number of ketones is 1. The van der Waals surface area contributed by atoms with Crippen molar-refractivity contribution in [3.63, 3.8) is 0 Å². The molecule has 1 N–H and O–H groups in total. The van der Waals surface area contributed by atoms with Gasteiger partial charge in [0.15, 0.2) is 5.78 Å². The lowest BCUT2D eigenvalue weighted by molar-refractivity contribution is 0.104. The summed E-state index contributed by atoms with van der Waals surface area (Å²) in [6.45, 7) is 0.166. The molecule has 29 heavy (non-hydrogen) atoms. The summed E-state index contributed by atoms with van der Waals surface area (Å²) in [4.78, 5) is 12.3. The molecule has 0 aliphatic heterocycles. The van der Waals surface area contributed by atoms with Crippen molar-refractivity contribution in [3.8, 4) is 5.75 Å². The highest BCUT2D eigenvalue weighted by molar-refractivity contribution is 7.89. The highest BCUT2D eigenvalue weighted by atomic mass is 32.2. The van der Waals surface area contributed by atoms with Gasteiger partial charge in [-0.05, 0) is 29.3 Å². The molecule has 0 unspecified atom stereocenters. The van der Waals surface area contributed by atoms with Gasteiger partial charge < -0.3 is 4.74 Å². The fourth-order valence-corrected chi connectivity index (χ4v) is 3.95. The standard InChI is InChI=1S/C23H21NO4S/c1-28-22-15-13-18(12-14-21(25)20-10-6-3-7-11-20)16-23(22)29(26,27)24-17-19-8-4-2-5-9-19/h2-16,24H,17H2,1H3. The Morgan fingerprint density at radius 3 is 2.28 bits per heavy atom. The first kappa shape index (κ1) is 20.5. The normalized spacial score (nSPS) is 11.5. The van der Waals surface area contributed by atoms with E-state index in [1.54, 1.807) is 42.5 Å². The zero-order valence-corrected chi connectivity index (χ0v) is 16.7. The Balaban J connectivity index is 1.82. The number of allylic oxidation sites excluding steroid dienone is 1. The lowest BCUT2D eigenvalue weighted by atomic mass is 10.1. The van der Waals surface area contributed by atoms with Crippen molar-refractivity contribution in [1.29, 1.82) is 0 Å². The molecule has 3 aromatic carbocycles. The molecule has 0 aromatic heterocycles. The second-order valence-electron chi connectivity index (χ2n) is 6.28. The van der Waals surface area contributed by atoms with Crippen LogP contribution in [0.4, 0.5) is 0 Å². The molecule has 0 spiro atoms. The van der Waals surface area contributed by atoms with Crippen molar-refractivity contribution in [3.05, 3.63) is 102 Å². The van der Waals surface area contributed by atoms with Gasteiger partial charge in [-0.2, -0.15) is 0 Å². The minimum Gasteiger partial charge on any atom is -0.495 e. The molecule has 0 fully saturated rings. The fourth-order valence-electron chi connectivity index (χ4n) is 2.73. The van der Waals surface area contributed by atoms with Crippen LogP contribution in [0.15, 0.2) is 89.8 Å². The average Bonchev–Trinajstić information content (AvgIpc) is 2.77. The molecule has 0 bridgehead atoms. The van der Waals surface area contributed by atoms with E-state index in [0.29, 0.717) is 11.1 Å². The molecule has 0 saturated carbocycles. The molecule has 0 heterocycles. The van der Waals surface area contributed by atoms with Crippen molar-refractivity contribution in [2.24, 2.45) is 0 Å². The van der Waals surface area contributed by atoms with Crippen LogP contribution < -0.4 is 9.46 Å². The van der Waals surface area contributed by atoms with Crippen molar-refractivity contribution >= 4 is 21.9 Å². The van der Waals surface area contributed by atoms with Gasteiger partial charge in [0.25, 0.3) is 0 Å². The smallest absolute Gasteiger partial charge is 0.244 e. The molecule has 0 aliphatic carbocycles. The van der Waals surface area contributed by atoms with E-state index in [2.05, 4.69) is 4.72 Å². The first-order valence-corrected chi connectivity index (χ1v) is 10.5. The first-order chi connectivity index (χ1) is 14.0. The van der Waals surface area contributed by atoms with Gasteiger partial charge in [-0.3, -0.25) is 4.79 Å². The van der Waals surface area contributed by atoms with E-state index in [-0.39, 0.29) is 23.0 Å². The second kappa shape index (κ2) is 9.32. The maximum Gasteiger partial charge on any atom is 0.244 e. The number of hydrogen-bond donors (Lipinski definition) is 1. The van der Waals surface area contributed by atoms with Crippen LogP contribution >= 0.6 is 0 Å². The Bertz CT molecular complexity index is 1110. The van der Waals surface area contributed by atoms with Crippen LogP contribution in [-0.4, -0.2) is 21.3 Å². The molecule has 5 nitrogen and oxygen atoms in total. The number of nitrogens with one attached hydrogen (secondary N) is 1. The first-order valence-electron chi connectivity index (χ1n) is 8.99. The van der Waals surface area contributed by atoms with Crippen molar-refractivity contribution in [2.45, 2.75) is 11.4 Å². The summed E-state index contributed by atoms with van der Waals surface area (Å²) in [5.74, 6) is 0.0742. The highest BCUT2D eigenvalue weighted by Gasteiger charge is 2.19. The van der Waals surface area contributed by atoms with Crippen LogP contribution in [0.2, 0.25) is 0 Å². The van der Waals surface area contributed by atoms with E-state index in [9.17, 15) is 13.2 Å². The number of hydrogen-bond acceptors (Lipinski definition) is 4. The van der Waals surface area contributed by atoms with E-state index in [1.807, 2.05) is 36.4 Å². The topological polar surface area (TPSA) is 72.5 Å². The van der Waals surface area contributed by atoms with E-state index < -0.39 is 10.0 Å².